The van der Waals surface area contributed by atoms with Gasteiger partial charge < -0.3 is 15.4 Å². The fraction of sp³-hybridized carbons (Fsp3) is 0.889. The van der Waals surface area contributed by atoms with Gasteiger partial charge in [-0.3, -0.25) is 0 Å². The lowest BCUT2D eigenvalue weighted by Crippen LogP contribution is -2.37. The highest BCUT2D eigenvalue weighted by atomic mass is 16.5. The van der Waals surface area contributed by atoms with Gasteiger partial charge in [0.05, 0.1) is 0 Å². The van der Waals surface area contributed by atoms with Gasteiger partial charge in [-0.15, -0.1) is 0 Å². The highest BCUT2D eigenvalue weighted by molar-refractivity contribution is 5.74. The lowest BCUT2D eigenvalue weighted by atomic mass is 10.3. The summed E-state index contributed by atoms with van der Waals surface area (Å²) in [6.45, 7) is 1.51. The van der Waals surface area contributed by atoms with Crippen LogP contribution in [0.2, 0.25) is 0 Å². The van der Waals surface area contributed by atoms with Crippen LogP contribution in [-0.2, 0) is 4.74 Å². The fourth-order valence-electron chi connectivity index (χ4n) is 1.04. The number of hydrogen-bond acceptors (Lipinski definition) is 2. The lowest BCUT2D eigenvalue weighted by molar-refractivity contribution is 0.192. The second-order valence-corrected chi connectivity index (χ2v) is 3.37. The Bertz CT molecular complexity index is 158. The van der Waals surface area contributed by atoms with E-state index >= 15 is 0 Å². The standard InChI is InChI=1S/C9H18N2O2/c1-13-7-3-2-6-10-9(12)11-8-4-5-8/h8H,2-7H2,1H3,(H2,10,11,12). The van der Waals surface area contributed by atoms with Crippen molar-refractivity contribution in [1.82, 2.24) is 10.6 Å². The second-order valence-electron chi connectivity index (χ2n) is 3.37. The largest absolute Gasteiger partial charge is 0.385 e. The SMILES string of the molecule is COCCCCNC(=O)NC1CC1. The smallest absolute Gasteiger partial charge is 0.315 e. The van der Waals surface area contributed by atoms with E-state index in [0.717, 1.165) is 38.8 Å². The third-order valence-electron chi connectivity index (χ3n) is 1.97. The van der Waals surface area contributed by atoms with Crippen LogP contribution in [0.3, 0.4) is 0 Å². The molecule has 0 aromatic carbocycles. The van der Waals surface area contributed by atoms with Crippen LogP contribution in [0.15, 0.2) is 0 Å². The van der Waals surface area contributed by atoms with Crippen LogP contribution in [0.1, 0.15) is 25.7 Å². The van der Waals surface area contributed by atoms with Gasteiger partial charge in [0.25, 0.3) is 0 Å². The minimum absolute atomic E-state index is 0.0279. The van der Waals surface area contributed by atoms with E-state index < -0.39 is 0 Å². The topological polar surface area (TPSA) is 50.4 Å². The molecule has 1 aliphatic carbocycles. The van der Waals surface area contributed by atoms with Gasteiger partial charge in [0.2, 0.25) is 0 Å². The minimum atomic E-state index is -0.0279. The Morgan fingerprint density at radius 1 is 1.46 bits per heavy atom. The predicted molar refractivity (Wildman–Crippen MR) is 50.7 cm³/mol. The Kier molecular flexibility index (Phi) is 4.60. The maximum Gasteiger partial charge on any atom is 0.315 e. The van der Waals surface area contributed by atoms with Crippen LogP contribution < -0.4 is 10.6 Å². The van der Waals surface area contributed by atoms with Crippen molar-refractivity contribution in [3.8, 4) is 0 Å². The van der Waals surface area contributed by atoms with Gasteiger partial charge in [-0.1, -0.05) is 0 Å². The van der Waals surface area contributed by atoms with E-state index in [9.17, 15) is 4.79 Å². The number of nitrogens with one attached hydrogen (secondary N) is 2. The molecule has 0 heterocycles. The first-order chi connectivity index (χ1) is 6.33. The summed E-state index contributed by atoms with van der Waals surface area (Å²) in [5.41, 5.74) is 0. The summed E-state index contributed by atoms with van der Waals surface area (Å²) in [5.74, 6) is 0. The molecule has 0 bridgehead atoms. The van der Waals surface area contributed by atoms with Crippen molar-refractivity contribution in [3.05, 3.63) is 0 Å². The highest BCUT2D eigenvalue weighted by Crippen LogP contribution is 2.18. The van der Waals surface area contributed by atoms with E-state index in [4.69, 9.17) is 4.74 Å². The summed E-state index contributed by atoms with van der Waals surface area (Å²) in [6.07, 6.45) is 4.25. The van der Waals surface area contributed by atoms with E-state index in [0.29, 0.717) is 6.04 Å². The van der Waals surface area contributed by atoms with Gasteiger partial charge in [0.1, 0.15) is 0 Å². The van der Waals surface area contributed by atoms with E-state index in [1.54, 1.807) is 7.11 Å². The summed E-state index contributed by atoms with van der Waals surface area (Å²) in [7, 11) is 1.69. The first-order valence-corrected chi connectivity index (χ1v) is 4.86. The van der Waals surface area contributed by atoms with Crippen LogP contribution in [0.4, 0.5) is 4.79 Å². The first kappa shape index (κ1) is 10.3. The monoisotopic (exact) mass is 186 g/mol. The van der Waals surface area contributed by atoms with Crippen molar-refractivity contribution in [2.45, 2.75) is 31.7 Å². The van der Waals surface area contributed by atoms with E-state index in [2.05, 4.69) is 10.6 Å². The number of unbranched alkanes of at least 4 members (excludes halogenated alkanes) is 1. The number of ether oxygens (including phenoxy) is 1. The van der Waals surface area contributed by atoms with Gasteiger partial charge in [-0.2, -0.15) is 0 Å². The Morgan fingerprint density at radius 2 is 2.23 bits per heavy atom. The molecule has 2 amide bonds. The molecule has 0 unspecified atom stereocenters. The molecule has 1 fully saturated rings. The first-order valence-electron chi connectivity index (χ1n) is 4.86. The summed E-state index contributed by atoms with van der Waals surface area (Å²) in [6, 6.07) is 0.416. The van der Waals surface area contributed by atoms with E-state index in [-0.39, 0.29) is 6.03 Å². The van der Waals surface area contributed by atoms with Crippen LogP contribution in [-0.4, -0.2) is 32.3 Å². The second kappa shape index (κ2) is 5.80. The van der Waals surface area contributed by atoms with Crippen LogP contribution in [0.25, 0.3) is 0 Å². The van der Waals surface area contributed by atoms with E-state index in [1.807, 2.05) is 0 Å². The molecule has 4 nitrogen and oxygen atoms in total. The third-order valence-corrected chi connectivity index (χ3v) is 1.97. The Labute approximate surface area is 79.0 Å². The third kappa shape index (κ3) is 5.47. The molecule has 1 saturated carbocycles. The zero-order valence-corrected chi connectivity index (χ0v) is 8.14. The van der Waals surface area contributed by atoms with Crippen molar-refractivity contribution < 1.29 is 9.53 Å². The van der Waals surface area contributed by atoms with Gasteiger partial charge in [-0.05, 0) is 25.7 Å². The summed E-state index contributed by atoms with van der Waals surface area (Å²) >= 11 is 0. The molecule has 13 heavy (non-hydrogen) atoms. The molecule has 76 valence electrons. The molecule has 2 N–H and O–H groups in total. The van der Waals surface area contributed by atoms with Crippen molar-refractivity contribution in [2.24, 2.45) is 0 Å². The predicted octanol–water partition coefficient (Wildman–Crippen LogP) is 0.875. The summed E-state index contributed by atoms with van der Waals surface area (Å²) in [5, 5.41) is 5.67. The summed E-state index contributed by atoms with van der Waals surface area (Å²) < 4.78 is 4.90. The average Bonchev–Trinajstić information content (AvgIpc) is 2.88. The lowest BCUT2D eigenvalue weighted by Gasteiger charge is -2.05. The number of rotatable bonds is 6. The molecule has 0 aromatic heterocycles. The zero-order chi connectivity index (χ0) is 9.52. The van der Waals surface area contributed by atoms with Gasteiger partial charge in [0.15, 0.2) is 0 Å². The van der Waals surface area contributed by atoms with E-state index in [1.165, 1.54) is 0 Å². The zero-order valence-electron chi connectivity index (χ0n) is 8.14. The molecule has 1 aliphatic rings. The molecule has 0 saturated heterocycles. The molecular formula is C9H18N2O2. The number of methoxy groups -OCH3 is 1. The highest BCUT2D eigenvalue weighted by Gasteiger charge is 2.22. The maximum atomic E-state index is 11.1. The van der Waals surface area contributed by atoms with Crippen LogP contribution >= 0.6 is 0 Å². The van der Waals surface area contributed by atoms with Gasteiger partial charge in [-0.25, -0.2) is 4.79 Å². The molecule has 0 aliphatic heterocycles. The van der Waals surface area contributed by atoms with Crippen molar-refractivity contribution in [3.63, 3.8) is 0 Å². The Hall–Kier alpha value is -0.770. The Balaban J connectivity index is 1.83. The van der Waals surface area contributed by atoms with Gasteiger partial charge >= 0.3 is 6.03 Å². The number of urea groups is 1. The van der Waals surface area contributed by atoms with Crippen LogP contribution in [0.5, 0.6) is 0 Å². The molecule has 1 rings (SSSR count). The number of carbonyl (C=O) groups excluding carboxylic acids is 1. The molecular weight excluding hydrogens is 168 g/mol. The average molecular weight is 186 g/mol. The molecule has 0 aromatic rings. The maximum absolute atomic E-state index is 11.1. The summed E-state index contributed by atoms with van der Waals surface area (Å²) in [4.78, 5) is 11.1. The molecule has 0 radical (unpaired) electrons. The molecule has 0 spiro atoms. The van der Waals surface area contributed by atoms with Crippen molar-refractivity contribution in [2.75, 3.05) is 20.3 Å². The fourth-order valence-corrected chi connectivity index (χ4v) is 1.04. The molecule has 4 heteroatoms. The Morgan fingerprint density at radius 3 is 2.85 bits per heavy atom. The molecule has 0 atom stereocenters. The minimum Gasteiger partial charge on any atom is -0.385 e. The van der Waals surface area contributed by atoms with Crippen LogP contribution in [0, 0.1) is 0 Å². The van der Waals surface area contributed by atoms with Crippen molar-refractivity contribution >= 4 is 6.03 Å². The number of carbonyl (C=O) groups is 1. The number of hydrogen-bond donors (Lipinski definition) is 2. The quantitative estimate of drug-likeness (QED) is 0.605. The van der Waals surface area contributed by atoms with Gasteiger partial charge in [0, 0.05) is 26.3 Å². The normalized spacial score (nSPS) is 15.5. The number of amides is 2. The van der Waals surface area contributed by atoms with Crippen molar-refractivity contribution in [1.29, 1.82) is 0 Å².